The Morgan fingerprint density at radius 3 is 2.80 bits per heavy atom. The summed E-state index contributed by atoms with van der Waals surface area (Å²) in [7, 11) is 0. The van der Waals surface area contributed by atoms with Gasteiger partial charge in [0.15, 0.2) is 11.5 Å². The van der Waals surface area contributed by atoms with Crippen LogP contribution in [0.25, 0.3) is 0 Å². The summed E-state index contributed by atoms with van der Waals surface area (Å²) in [5.41, 5.74) is 1.74. The van der Waals surface area contributed by atoms with E-state index >= 15 is 0 Å². The van der Waals surface area contributed by atoms with Crippen LogP contribution in [0, 0.1) is 13.8 Å². The number of aryl methyl sites for hydroxylation is 1. The lowest BCUT2D eigenvalue weighted by Gasteiger charge is -2.33. The summed E-state index contributed by atoms with van der Waals surface area (Å²) in [4.78, 5) is 16.4. The van der Waals surface area contributed by atoms with Crippen LogP contribution in [-0.4, -0.2) is 41.9 Å². The highest BCUT2D eigenvalue weighted by atomic mass is 19.4. The largest absolute Gasteiger partial charge is 0.415 e. The molecule has 1 fully saturated rings. The lowest BCUT2D eigenvalue weighted by atomic mass is 10.1. The van der Waals surface area contributed by atoms with Crippen LogP contribution < -0.4 is 5.43 Å². The van der Waals surface area contributed by atoms with Gasteiger partial charge in [0.2, 0.25) is 0 Å². The maximum absolute atomic E-state index is 12.6. The van der Waals surface area contributed by atoms with Crippen molar-refractivity contribution in [3.8, 4) is 0 Å². The first-order valence-electron chi connectivity index (χ1n) is 6.37. The maximum Gasteiger partial charge on any atom is 0.415 e. The van der Waals surface area contributed by atoms with E-state index in [1.165, 1.54) is 0 Å². The van der Waals surface area contributed by atoms with Crippen molar-refractivity contribution in [2.75, 3.05) is 19.7 Å². The molecule has 4 nitrogen and oxygen atoms in total. The molecule has 0 aliphatic carbocycles. The molecule has 1 saturated heterocycles. The number of hydrogen-bond donors (Lipinski definition) is 1. The van der Waals surface area contributed by atoms with Gasteiger partial charge in [-0.1, -0.05) is 0 Å². The Morgan fingerprint density at radius 1 is 1.45 bits per heavy atom. The third-order valence-corrected chi connectivity index (χ3v) is 3.51. The Balaban J connectivity index is 2.11. The van der Waals surface area contributed by atoms with Crippen molar-refractivity contribution in [3.05, 3.63) is 33.2 Å². The van der Waals surface area contributed by atoms with Gasteiger partial charge in [0.05, 0.1) is 6.61 Å². The van der Waals surface area contributed by atoms with Gasteiger partial charge in [-0.3, -0.25) is 9.69 Å². The number of nitrogens with one attached hydrogen (secondary N) is 1. The number of hydrogen-bond acceptors (Lipinski definition) is 3. The summed E-state index contributed by atoms with van der Waals surface area (Å²) in [6.07, 6.45) is -4.52. The van der Waals surface area contributed by atoms with E-state index in [1.807, 2.05) is 0 Å². The molecule has 0 spiro atoms. The van der Waals surface area contributed by atoms with Gasteiger partial charge >= 0.3 is 6.18 Å². The molecule has 1 aromatic heterocycles. The van der Waals surface area contributed by atoms with Gasteiger partial charge in [0, 0.05) is 42.7 Å². The van der Waals surface area contributed by atoms with E-state index in [0.29, 0.717) is 23.4 Å². The molecule has 0 aromatic carbocycles. The molecule has 0 amide bonds. The minimum atomic E-state index is -4.35. The zero-order valence-corrected chi connectivity index (χ0v) is 11.4. The Hall–Kier alpha value is -1.34. The summed E-state index contributed by atoms with van der Waals surface area (Å²) >= 11 is 0. The van der Waals surface area contributed by atoms with Crippen LogP contribution in [0.4, 0.5) is 13.2 Å². The van der Waals surface area contributed by atoms with Crippen LogP contribution in [0.15, 0.2) is 11.0 Å². The first-order valence-corrected chi connectivity index (χ1v) is 6.37. The first-order chi connectivity index (χ1) is 9.29. The Kier molecular flexibility index (Phi) is 4.19. The SMILES string of the molecule is Cc1c[nH]c(CN2CCO[C@@H](C(F)(F)F)C2)c(C)c1=O. The predicted octanol–water partition coefficient (Wildman–Crippen LogP) is 1.75. The van der Waals surface area contributed by atoms with Crippen molar-refractivity contribution >= 4 is 0 Å². The summed E-state index contributed by atoms with van der Waals surface area (Å²) < 4.78 is 42.7. The molecule has 20 heavy (non-hydrogen) atoms. The third kappa shape index (κ3) is 3.21. The molecule has 1 atom stereocenters. The van der Waals surface area contributed by atoms with E-state index in [4.69, 9.17) is 4.74 Å². The number of nitrogens with zero attached hydrogens (tertiary/aromatic N) is 1. The average molecular weight is 290 g/mol. The molecule has 1 N–H and O–H groups in total. The van der Waals surface area contributed by atoms with Gasteiger partial charge in [-0.2, -0.15) is 13.2 Å². The monoisotopic (exact) mass is 290 g/mol. The Labute approximate surface area is 114 Å². The van der Waals surface area contributed by atoms with E-state index in [-0.39, 0.29) is 25.1 Å². The molecule has 0 unspecified atom stereocenters. The van der Waals surface area contributed by atoms with Crippen molar-refractivity contribution in [2.24, 2.45) is 0 Å². The van der Waals surface area contributed by atoms with Crippen molar-refractivity contribution < 1.29 is 17.9 Å². The van der Waals surface area contributed by atoms with Gasteiger partial charge < -0.3 is 9.72 Å². The average Bonchev–Trinajstić information content (AvgIpc) is 2.39. The fourth-order valence-corrected chi connectivity index (χ4v) is 2.23. The van der Waals surface area contributed by atoms with Crippen LogP contribution in [0.3, 0.4) is 0 Å². The van der Waals surface area contributed by atoms with Gasteiger partial charge in [0.1, 0.15) is 0 Å². The topological polar surface area (TPSA) is 45.3 Å². The summed E-state index contributed by atoms with van der Waals surface area (Å²) in [6, 6.07) is 0. The van der Waals surface area contributed by atoms with Crippen molar-refractivity contribution in [2.45, 2.75) is 32.7 Å². The summed E-state index contributed by atoms with van der Waals surface area (Å²) in [6.45, 7) is 3.92. The molecule has 2 heterocycles. The number of pyridine rings is 1. The second-order valence-corrected chi connectivity index (χ2v) is 5.04. The number of alkyl halides is 3. The quantitative estimate of drug-likeness (QED) is 0.902. The smallest absolute Gasteiger partial charge is 0.366 e. The molecule has 7 heteroatoms. The van der Waals surface area contributed by atoms with Crippen molar-refractivity contribution in [1.82, 2.24) is 9.88 Å². The second kappa shape index (κ2) is 5.57. The highest BCUT2D eigenvalue weighted by molar-refractivity contribution is 5.23. The molecule has 112 valence electrons. The van der Waals surface area contributed by atoms with Gasteiger partial charge in [-0.15, -0.1) is 0 Å². The molecule has 0 radical (unpaired) electrons. The van der Waals surface area contributed by atoms with Crippen molar-refractivity contribution in [1.29, 1.82) is 0 Å². The van der Waals surface area contributed by atoms with Gasteiger partial charge in [-0.25, -0.2) is 0 Å². The third-order valence-electron chi connectivity index (χ3n) is 3.51. The first kappa shape index (κ1) is 15.1. The van der Waals surface area contributed by atoms with E-state index in [0.717, 1.165) is 0 Å². The van der Waals surface area contributed by atoms with Crippen LogP contribution >= 0.6 is 0 Å². The zero-order chi connectivity index (χ0) is 14.9. The highest BCUT2D eigenvalue weighted by Crippen LogP contribution is 2.26. The molecule has 0 saturated carbocycles. The standard InChI is InChI=1S/C13H17F3N2O2/c1-8-5-17-10(9(2)12(8)19)6-18-3-4-20-11(7-18)13(14,15)16/h5,11H,3-4,6-7H2,1-2H3,(H,17,19)/t11-/m1/s1. The van der Waals surface area contributed by atoms with Crippen molar-refractivity contribution in [3.63, 3.8) is 0 Å². The van der Waals surface area contributed by atoms with E-state index in [2.05, 4.69) is 4.98 Å². The molecule has 1 aliphatic rings. The molecule has 2 rings (SSSR count). The molecular formula is C13H17F3N2O2. The molecule has 1 aliphatic heterocycles. The number of aromatic amines is 1. The minimum absolute atomic E-state index is 0.0410. The van der Waals surface area contributed by atoms with E-state index < -0.39 is 12.3 Å². The van der Waals surface area contributed by atoms with Crippen LogP contribution in [0.5, 0.6) is 0 Å². The second-order valence-electron chi connectivity index (χ2n) is 5.04. The fraction of sp³-hybridized carbons (Fsp3) is 0.615. The molecule has 0 bridgehead atoms. The predicted molar refractivity (Wildman–Crippen MR) is 67.6 cm³/mol. The number of rotatable bonds is 2. The van der Waals surface area contributed by atoms with E-state index in [9.17, 15) is 18.0 Å². The fourth-order valence-electron chi connectivity index (χ4n) is 2.23. The lowest BCUT2D eigenvalue weighted by molar-refractivity contribution is -0.237. The van der Waals surface area contributed by atoms with Gasteiger partial charge in [0.25, 0.3) is 0 Å². The highest BCUT2D eigenvalue weighted by Gasteiger charge is 2.43. The number of ether oxygens (including phenoxy) is 1. The Bertz CT molecular complexity index is 539. The number of aromatic nitrogens is 1. The molecular weight excluding hydrogens is 273 g/mol. The normalized spacial score (nSPS) is 21.1. The number of morpholine rings is 1. The summed E-state index contributed by atoms with van der Waals surface area (Å²) in [5.74, 6) is 0. The van der Waals surface area contributed by atoms with Crippen LogP contribution in [0.1, 0.15) is 16.8 Å². The van der Waals surface area contributed by atoms with Crippen LogP contribution in [-0.2, 0) is 11.3 Å². The number of H-pyrrole nitrogens is 1. The van der Waals surface area contributed by atoms with Crippen LogP contribution in [0.2, 0.25) is 0 Å². The Morgan fingerprint density at radius 2 is 2.15 bits per heavy atom. The van der Waals surface area contributed by atoms with E-state index in [1.54, 1.807) is 24.9 Å². The lowest BCUT2D eigenvalue weighted by Crippen LogP contribution is -2.48. The van der Waals surface area contributed by atoms with Gasteiger partial charge in [-0.05, 0) is 13.8 Å². The summed E-state index contributed by atoms with van der Waals surface area (Å²) in [5, 5.41) is 0. The zero-order valence-electron chi connectivity index (χ0n) is 11.4. The number of halogens is 3. The molecule has 1 aromatic rings. The minimum Gasteiger partial charge on any atom is -0.366 e. The maximum atomic E-state index is 12.6.